The number of carboxylic acid groups (broad SMARTS) is 1. The van der Waals surface area contributed by atoms with E-state index in [9.17, 15) is 18.0 Å². The Morgan fingerprint density at radius 1 is 1.23 bits per heavy atom. The van der Waals surface area contributed by atoms with E-state index in [1.165, 1.54) is 12.1 Å². The van der Waals surface area contributed by atoms with Gasteiger partial charge >= 0.3 is 22.1 Å². The second-order valence-corrected chi connectivity index (χ2v) is 6.72. The van der Waals surface area contributed by atoms with E-state index in [0.29, 0.717) is 6.42 Å². The molecule has 0 aromatic heterocycles. The third-order valence-electron chi connectivity index (χ3n) is 3.82. The molecular weight excluding hydrogens is 312 g/mol. The van der Waals surface area contributed by atoms with Gasteiger partial charge in [-0.05, 0) is 25.0 Å². The number of fused-ring (bicyclic) bond motifs is 2. The van der Waals surface area contributed by atoms with Crippen LogP contribution in [0.3, 0.4) is 0 Å². The van der Waals surface area contributed by atoms with Crippen LogP contribution in [0.2, 0.25) is 0 Å². The van der Waals surface area contributed by atoms with Crippen molar-refractivity contribution in [3.8, 4) is 0 Å². The number of nitrogens with zero attached hydrogens (tertiary/aromatic N) is 2. The molecule has 8 nitrogen and oxygen atoms in total. The van der Waals surface area contributed by atoms with Crippen LogP contribution >= 0.6 is 0 Å². The molecule has 0 spiro atoms. The highest BCUT2D eigenvalue weighted by Crippen LogP contribution is 2.31. The quantitative estimate of drug-likeness (QED) is 0.871. The van der Waals surface area contributed by atoms with E-state index >= 15 is 0 Å². The van der Waals surface area contributed by atoms with E-state index in [4.69, 9.17) is 9.39 Å². The van der Waals surface area contributed by atoms with Crippen LogP contribution in [0.25, 0.3) is 0 Å². The van der Waals surface area contributed by atoms with Crippen LogP contribution in [0.5, 0.6) is 0 Å². The number of urea groups is 1. The molecule has 2 bridgehead atoms. The van der Waals surface area contributed by atoms with E-state index in [1.807, 2.05) is 0 Å². The summed E-state index contributed by atoms with van der Waals surface area (Å²) in [6, 6.07) is 5.36. The Labute approximate surface area is 127 Å². The monoisotopic (exact) mass is 326 g/mol. The molecule has 22 heavy (non-hydrogen) atoms. The van der Waals surface area contributed by atoms with Crippen LogP contribution in [0.15, 0.2) is 35.2 Å². The van der Waals surface area contributed by atoms with Gasteiger partial charge in [-0.3, -0.25) is 0 Å². The first-order chi connectivity index (χ1) is 10.4. The van der Waals surface area contributed by atoms with Gasteiger partial charge in [-0.2, -0.15) is 13.5 Å². The Morgan fingerprint density at radius 2 is 1.91 bits per heavy atom. The van der Waals surface area contributed by atoms with Crippen molar-refractivity contribution in [2.24, 2.45) is 0 Å². The van der Waals surface area contributed by atoms with Crippen LogP contribution in [0.4, 0.5) is 4.79 Å². The zero-order valence-electron chi connectivity index (χ0n) is 11.5. The molecule has 1 aromatic carbocycles. The smallest absolute Gasteiger partial charge is 0.346 e. The van der Waals surface area contributed by atoms with E-state index in [1.54, 1.807) is 18.2 Å². The molecule has 0 saturated carbocycles. The first-order valence-corrected chi connectivity index (χ1v) is 8.13. The lowest BCUT2D eigenvalue weighted by Crippen LogP contribution is -2.44. The maximum atomic E-state index is 12.2. The van der Waals surface area contributed by atoms with Crippen molar-refractivity contribution < 1.29 is 27.4 Å². The first-order valence-electron chi connectivity index (χ1n) is 6.72. The predicted octanol–water partition coefficient (Wildman–Crippen LogP) is 0.660. The highest BCUT2D eigenvalue weighted by molar-refractivity contribution is 7.86. The van der Waals surface area contributed by atoms with E-state index in [-0.39, 0.29) is 17.9 Å². The zero-order valence-corrected chi connectivity index (χ0v) is 12.3. The number of hydrogen-bond acceptors (Lipinski definition) is 5. The third kappa shape index (κ3) is 2.42. The topological polar surface area (TPSA) is 104 Å². The number of carbonyl (C=O) groups is 2. The summed E-state index contributed by atoms with van der Waals surface area (Å²) in [6.45, 7) is 0.153. The summed E-state index contributed by atoms with van der Waals surface area (Å²) >= 11 is 0. The number of aliphatic carboxylic acids is 1. The maximum Gasteiger partial charge on any atom is 0.346 e. The summed E-state index contributed by atoms with van der Waals surface area (Å²) in [5.74, 6) is -1.10. The molecule has 2 saturated heterocycles. The summed E-state index contributed by atoms with van der Waals surface area (Å²) in [5, 5.41) is 9.88. The largest absolute Gasteiger partial charge is 0.480 e. The lowest BCUT2D eigenvalue weighted by atomic mass is 10.0. The molecule has 0 aliphatic carbocycles. The van der Waals surface area contributed by atoms with Crippen molar-refractivity contribution in [1.82, 2.24) is 9.96 Å². The van der Waals surface area contributed by atoms with Crippen molar-refractivity contribution >= 4 is 22.1 Å². The van der Waals surface area contributed by atoms with E-state index in [2.05, 4.69) is 0 Å². The molecule has 2 aliphatic heterocycles. The Kier molecular flexibility index (Phi) is 3.53. The van der Waals surface area contributed by atoms with Gasteiger partial charge in [-0.25, -0.2) is 9.59 Å². The van der Waals surface area contributed by atoms with Gasteiger partial charge < -0.3 is 10.0 Å². The van der Waals surface area contributed by atoms with Crippen LogP contribution in [-0.4, -0.2) is 54.1 Å². The molecule has 2 fully saturated rings. The minimum atomic E-state index is -4.12. The van der Waals surface area contributed by atoms with Gasteiger partial charge in [0.15, 0.2) is 0 Å². The SMILES string of the molecule is O=C(O)C1CC[C@@H]2CN1C(=O)N2OS(=O)(=O)c1ccccc1. The van der Waals surface area contributed by atoms with Gasteiger partial charge in [0, 0.05) is 6.54 Å². The third-order valence-corrected chi connectivity index (χ3v) is 5.02. The summed E-state index contributed by atoms with van der Waals surface area (Å²) in [4.78, 5) is 24.4. The molecule has 3 rings (SSSR count). The minimum absolute atomic E-state index is 0.0611. The number of benzene rings is 1. The molecule has 0 radical (unpaired) electrons. The molecular formula is C13H14N2O6S. The van der Waals surface area contributed by atoms with Gasteiger partial charge in [0.05, 0.1) is 10.9 Å². The lowest BCUT2D eigenvalue weighted by Gasteiger charge is -2.26. The number of rotatable bonds is 4. The molecule has 2 heterocycles. The second kappa shape index (κ2) is 5.25. The van der Waals surface area contributed by atoms with Gasteiger partial charge in [-0.15, -0.1) is 4.28 Å². The van der Waals surface area contributed by atoms with Crippen molar-refractivity contribution in [3.63, 3.8) is 0 Å². The van der Waals surface area contributed by atoms with E-state index < -0.39 is 34.2 Å². The number of carbonyl (C=O) groups excluding carboxylic acids is 1. The second-order valence-electron chi connectivity index (χ2n) is 5.19. The Balaban J connectivity index is 1.82. The average Bonchev–Trinajstić information content (AvgIpc) is 2.73. The maximum absolute atomic E-state index is 12.2. The molecule has 2 amide bonds. The lowest BCUT2D eigenvalue weighted by molar-refractivity contribution is -0.142. The fourth-order valence-corrected chi connectivity index (χ4v) is 3.70. The highest BCUT2D eigenvalue weighted by Gasteiger charge is 2.49. The average molecular weight is 326 g/mol. The van der Waals surface area contributed by atoms with Crippen LogP contribution < -0.4 is 0 Å². The Bertz CT molecular complexity index is 705. The van der Waals surface area contributed by atoms with Gasteiger partial charge in [0.1, 0.15) is 6.04 Å². The van der Waals surface area contributed by atoms with Crippen LogP contribution in [-0.2, 0) is 19.2 Å². The standard InChI is InChI=1S/C13H14N2O6S/c16-12(17)11-7-6-9-8-14(11)13(18)15(9)21-22(19,20)10-4-2-1-3-5-10/h1-5,9,11H,6-8H2,(H,16,17)/t9-,11?/m1/s1. The fourth-order valence-electron chi connectivity index (χ4n) is 2.72. The van der Waals surface area contributed by atoms with Crippen molar-refractivity contribution in [1.29, 1.82) is 0 Å². The summed E-state index contributed by atoms with van der Waals surface area (Å²) in [6.07, 6.45) is 0.653. The van der Waals surface area contributed by atoms with Crippen molar-refractivity contribution in [2.45, 2.75) is 29.8 Å². The van der Waals surface area contributed by atoms with Gasteiger partial charge in [0.25, 0.3) is 0 Å². The number of hydrogen-bond donors (Lipinski definition) is 1. The summed E-state index contributed by atoms with van der Waals surface area (Å²) in [5.41, 5.74) is 0. The Morgan fingerprint density at radius 3 is 2.55 bits per heavy atom. The molecule has 2 atom stereocenters. The van der Waals surface area contributed by atoms with Gasteiger partial charge in [0.2, 0.25) is 0 Å². The molecule has 1 N–H and O–H groups in total. The number of carboxylic acids is 1. The predicted molar refractivity (Wildman–Crippen MR) is 73.1 cm³/mol. The Hall–Kier alpha value is -2.13. The van der Waals surface area contributed by atoms with E-state index in [0.717, 1.165) is 9.96 Å². The normalized spacial score (nSPS) is 24.6. The van der Waals surface area contributed by atoms with Gasteiger partial charge in [-0.1, -0.05) is 18.2 Å². The van der Waals surface area contributed by atoms with Crippen molar-refractivity contribution in [3.05, 3.63) is 30.3 Å². The molecule has 118 valence electrons. The summed E-state index contributed by atoms with van der Waals surface area (Å²) < 4.78 is 29.3. The summed E-state index contributed by atoms with van der Waals surface area (Å²) in [7, 11) is -4.12. The molecule has 2 aliphatic rings. The van der Waals surface area contributed by atoms with Crippen LogP contribution in [0.1, 0.15) is 12.8 Å². The van der Waals surface area contributed by atoms with Crippen molar-refractivity contribution in [2.75, 3.05) is 6.54 Å². The molecule has 9 heteroatoms. The number of hydroxylamine groups is 2. The van der Waals surface area contributed by atoms with Crippen LogP contribution in [0, 0.1) is 0 Å². The molecule has 1 unspecified atom stereocenters. The highest BCUT2D eigenvalue weighted by atomic mass is 32.2. The molecule has 1 aromatic rings. The minimum Gasteiger partial charge on any atom is -0.480 e. The number of amides is 2. The number of piperidine rings is 1. The zero-order chi connectivity index (χ0) is 15.9. The fraction of sp³-hybridized carbons (Fsp3) is 0.385. The first kappa shape index (κ1) is 14.8.